The number of hydrogen-bond acceptors (Lipinski definition) is 3. The maximum absolute atomic E-state index is 12.0. The second-order valence-corrected chi connectivity index (χ2v) is 5.75. The average Bonchev–Trinajstić information content (AvgIpc) is 2.72. The Morgan fingerprint density at radius 1 is 1.47 bits per heavy atom. The lowest BCUT2D eigenvalue weighted by Crippen LogP contribution is -2.40. The summed E-state index contributed by atoms with van der Waals surface area (Å²) in [7, 11) is -3.42. The van der Waals surface area contributed by atoms with Gasteiger partial charge in [0.15, 0.2) is 0 Å². The van der Waals surface area contributed by atoms with Gasteiger partial charge in [-0.15, -0.1) is 0 Å². The van der Waals surface area contributed by atoms with E-state index in [9.17, 15) is 8.42 Å². The zero-order chi connectivity index (χ0) is 12.5. The number of nitrogens with one attached hydrogen (secondary N) is 1. The molecular weight excluding hydrogens is 238 g/mol. The standard InChI is InChI=1S/C11H17N3O2S/c1-2-7-13-17(15,16)14-8-6-9-10(12)4-3-5-11(9)14/h3-5,13H,2,6-8,12H2,1H3. The van der Waals surface area contributed by atoms with E-state index in [0.717, 1.165) is 12.0 Å². The van der Waals surface area contributed by atoms with Crippen LogP contribution in [0.2, 0.25) is 0 Å². The van der Waals surface area contributed by atoms with E-state index in [4.69, 9.17) is 5.73 Å². The summed E-state index contributed by atoms with van der Waals surface area (Å²) >= 11 is 0. The lowest BCUT2D eigenvalue weighted by molar-refractivity contribution is 0.577. The molecule has 0 aliphatic carbocycles. The van der Waals surface area contributed by atoms with Gasteiger partial charge in [0.05, 0.1) is 5.69 Å². The predicted octanol–water partition coefficient (Wildman–Crippen LogP) is 0.876. The molecule has 1 aliphatic rings. The SMILES string of the molecule is CCCNS(=O)(=O)N1CCc2c(N)cccc21. The zero-order valence-electron chi connectivity index (χ0n) is 9.81. The molecule has 2 rings (SSSR count). The van der Waals surface area contributed by atoms with Crippen molar-refractivity contribution in [3.8, 4) is 0 Å². The van der Waals surface area contributed by atoms with Crippen LogP contribution in [0.1, 0.15) is 18.9 Å². The predicted molar refractivity (Wildman–Crippen MR) is 69.1 cm³/mol. The molecule has 0 fully saturated rings. The van der Waals surface area contributed by atoms with Gasteiger partial charge < -0.3 is 5.73 Å². The minimum atomic E-state index is -3.42. The van der Waals surface area contributed by atoms with E-state index in [1.807, 2.05) is 6.92 Å². The topological polar surface area (TPSA) is 75.4 Å². The van der Waals surface area contributed by atoms with Crippen molar-refractivity contribution in [2.24, 2.45) is 0 Å². The van der Waals surface area contributed by atoms with Crippen LogP contribution in [0.15, 0.2) is 18.2 Å². The van der Waals surface area contributed by atoms with Crippen LogP contribution in [0.4, 0.5) is 11.4 Å². The van der Waals surface area contributed by atoms with E-state index in [-0.39, 0.29) is 0 Å². The summed E-state index contributed by atoms with van der Waals surface area (Å²) in [6, 6.07) is 5.38. The summed E-state index contributed by atoms with van der Waals surface area (Å²) in [6.07, 6.45) is 1.45. The third kappa shape index (κ3) is 2.23. The van der Waals surface area contributed by atoms with Crippen molar-refractivity contribution in [2.75, 3.05) is 23.1 Å². The molecule has 0 amide bonds. The molecule has 0 radical (unpaired) electrons. The first-order chi connectivity index (χ1) is 8.06. The average molecular weight is 255 g/mol. The summed E-state index contributed by atoms with van der Waals surface area (Å²) in [6.45, 7) is 2.84. The molecule has 0 saturated carbocycles. The Balaban J connectivity index is 2.31. The Hall–Kier alpha value is -1.27. The molecule has 1 aliphatic heterocycles. The molecule has 17 heavy (non-hydrogen) atoms. The van der Waals surface area contributed by atoms with Crippen LogP contribution in [0.25, 0.3) is 0 Å². The third-order valence-corrected chi connectivity index (χ3v) is 4.37. The quantitative estimate of drug-likeness (QED) is 0.784. The summed E-state index contributed by atoms with van der Waals surface area (Å²) in [4.78, 5) is 0. The van der Waals surface area contributed by atoms with Crippen LogP contribution < -0.4 is 14.8 Å². The highest BCUT2D eigenvalue weighted by Gasteiger charge is 2.29. The largest absolute Gasteiger partial charge is 0.398 e. The minimum absolute atomic E-state index is 0.455. The number of benzene rings is 1. The monoisotopic (exact) mass is 255 g/mol. The molecular formula is C11H17N3O2S. The molecule has 0 aromatic heterocycles. The van der Waals surface area contributed by atoms with Crippen LogP contribution in [0.3, 0.4) is 0 Å². The molecule has 1 aromatic rings. The first-order valence-electron chi connectivity index (χ1n) is 5.71. The van der Waals surface area contributed by atoms with Gasteiger partial charge in [0, 0.05) is 24.3 Å². The molecule has 0 saturated heterocycles. The van der Waals surface area contributed by atoms with Gasteiger partial charge in [-0.1, -0.05) is 13.0 Å². The number of hydrogen-bond donors (Lipinski definition) is 2. The number of fused-ring (bicyclic) bond motifs is 1. The summed E-state index contributed by atoms with van der Waals surface area (Å²) in [5, 5.41) is 0. The van der Waals surface area contributed by atoms with Crippen LogP contribution in [-0.2, 0) is 16.6 Å². The number of nitrogens with zero attached hydrogens (tertiary/aromatic N) is 1. The van der Waals surface area contributed by atoms with E-state index < -0.39 is 10.2 Å². The van der Waals surface area contributed by atoms with Crippen molar-refractivity contribution in [3.05, 3.63) is 23.8 Å². The third-order valence-electron chi connectivity index (χ3n) is 2.85. The molecule has 0 atom stereocenters. The van der Waals surface area contributed by atoms with Crippen LogP contribution in [-0.4, -0.2) is 21.5 Å². The molecule has 0 spiro atoms. The lowest BCUT2D eigenvalue weighted by Gasteiger charge is -2.19. The van der Waals surface area contributed by atoms with Crippen molar-refractivity contribution in [1.82, 2.24) is 4.72 Å². The lowest BCUT2D eigenvalue weighted by atomic mass is 10.1. The van der Waals surface area contributed by atoms with Gasteiger partial charge in [0.25, 0.3) is 0 Å². The van der Waals surface area contributed by atoms with Crippen molar-refractivity contribution in [2.45, 2.75) is 19.8 Å². The summed E-state index contributed by atoms with van der Waals surface area (Å²) < 4.78 is 28.0. The fourth-order valence-electron chi connectivity index (χ4n) is 1.99. The van der Waals surface area contributed by atoms with E-state index in [1.165, 1.54) is 4.31 Å². The first-order valence-corrected chi connectivity index (χ1v) is 7.15. The number of nitrogen functional groups attached to an aromatic ring is 1. The molecule has 94 valence electrons. The Kier molecular flexibility index (Phi) is 3.26. The Morgan fingerprint density at radius 3 is 2.94 bits per heavy atom. The Morgan fingerprint density at radius 2 is 2.24 bits per heavy atom. The van der Waals surface area contributed by atoms with Gasteiger partial charge in [-0.25, -0.2) is 0 Å². The minimum Gasteiger partial charge on any atom is -0.398 e. The summed E-state index contributed by atoms with van der Waals surface area (Å²) in [5.41, 5.74) is 8.13. The van der Waals surface area contributed by atoms with Crippen molar-refractivity contribution in [3.63, 3.8) is 0 Å². The molecule has 6 heteroatoms. The highest BCUT2D eigenvalue weighted by Crippen LogP contribution is 2.33. The molecule has 1 heterocycles. The fraction of sp³-hybridized carbons (Fsp3) is 0.455. The molecule has 1 aromatic carbocycles. The van der Waals surface area contributed by atoms with Gasteiger partial charge in [0.2, 0.25) is 0 Å². The number of nitrogens with two attached hydrogens (primary N) is 1. The van der Waals surface area contributed by atoms with E-state index in [1.54, 1.807) is 18.2 Å². The molecule has 5 nitrogen and oxygen atoms in total. The second kappa shape index (κ2) is 4.54. The van der Waals surface area contributed by atoms with Crippen LogP contribution in [0.5, 0.6) is 0 Å². The molecule has 3 N–H and O–H groups in total. The Bertz CT molecular complexity index is 513. The molecule has 0 bridgehead atoms. The van der Waals surface area contributed by atoms with Crippen LogP contribution >= 0.6 is 0 Å². The van der Waals surface area contributed by atoms with E-state index in [2.05, 4.69) is 4.72 Å². The second-order valence-electron chi connectivity index (χ2n) is 4.07. The summed E-state index contributed by atoms with van der Waals surface area (Å²) in [5.74, 6) is 0. The van der Waals surface area contributed by atoms with Gasteiger partial charge in [-0.3, -0.25) is 4.31 Å². The number of anilines is 2. The van der Waals surface area contributed by atoms with Gasteiger partial charge in [0.1, 0.15) is 0 Å². The smallest absolute Gasteiger partial charge is 0.301 e. The van der Waals surface area contributed by atoms with Crippen molar-refractivity contribution >= 4 is 21.6 Å². The van der Waals surface area contributed by atoms with Crippen LogP contribution in [0, 0.1) is 0 Å². The maximum Gasteiger partial charge on any atom is 0.301 e. The number of rotatable bonds is 4. The fourth-order valence-corrected chi connectivity index (χ4v) is 3.37. The zero-order valence-corrected chi connectivity index (χ0v) is 10.6. The Labute approximate surface area is 102 Å². The van der Waals surface area contributed by atoms with Gasteiger partial charge >= 0.3 is 10.2 Å². The van der Waals surface area contributed by atoms with E-state index >= 15 is 0 Å². The molecule has 0 unspecified atom stereocenters. The highest BCUT2D eigenvalue weighted by molar-refractivity contribution is 7.90. The van der Waals surface area contributed by atoms with Gasteiger partial charge in [-0.2, -0.15) is 13.1 Å². The highest BCUT2D eigenvalue weighted by atomic mass is 32.2. The van der Waals surface area contributed by atoms with Crippen molar-refractivity contribution < 1.29 is 8.42 Å². The van der Waals surface area contributed by atoms with E-state index in [0.29, 0.717) is 30.9 Å². The van der Waals surface area contributed by atoms with Gasteiger partial charge in [-0.05, 0) is 25.0 Å². The maximum atomic E-state index is 12.0. The normalized spacial score (nSPS) is 15.0. The first kappa shape index (κ1) is 12.2. The van der Waals surface area contributed by atoms with Crippen molar-refractivity contribution in [1.29, 1.82) is 0 Å².